The van der Waals surface area contributed by atoms with E-state index in [0.29, 0.717) is 38.8 Å². The standard InChI is InChI=1S/C37H56N6O7/c1-8-39-36(49)50-20-28(37(4,5)6)41-35(48)42-29(25-18-23-11-9-10-12-24(23)19-25)34(47)43-16-15-26(21(2)3)30(43)32(45)40-27(17-22-13-14-22)31(44)33(46)38-7/h9-12,21-22,25-30H,8,13-20H2,1-7H3,(H,38,46)(H,39,49)(H,40,45)(H2,41,42,48)/t26-,27?,28-,29+,30+/m1/s1. The molecule has 0 spiro atoms. The van der Waals surface area contributed by atoms with Crippen LogP contribution >= 0.6 is 0 Å². The maximum absolute atomic E-state index is 14.7. The summed E-state index contributed by atoms with van der Waals surface area (Å²) in [5.41, 5.74) is 1.72. The number of likely N-dealkylation sites (N-methyl/N-ethyl adjacent to an activating group) is 1. The number of nitrogens with one attached hydrogen (secondary N) is 5. The van der Waals surface area contributed by atoms with Gasteiger partial charge in [0.1, 0.15) is 18.7 Å². The minimum absolute atomic E-state index is 0.0444. The first-order chi connectivity index (χ1) is 23.6. The van der Waals surface area contributed by atoms with Gasteiger partial charge in [0.05, 0.1) is 12.1 Å². The number of ketones is 1. The topological polar surface area (TPSA) is 175 Å². The zero-order valence-electron chi connectivity index (χ0n) is 30.6. The molecular weight excluding hydrogens is 640 g/mol. The number of hydrogen-bond acceptors (Lipinski definition) is 7. The van der Waals surface area contributed by atoms with Gasteiger partial charge in [-0.1, -0.05) is 71.7 Å². The van der Waals surface area contributed by atoms with Gasteiger partial charge in [0.2, 0.25) is 17.6 Å². The van der Waals surface area contributed by atoms with E-state index >= 15 is 0 Å². The van der Waals surface area contributed by atoms with E-state index in [2.05, 4.69) is 26.6 Å². The van der Waals surface area contributed by atoms with Crippen LogP contribution in [0, 0.1) is 29.1 Å². The average Bonchev–Trinajstić information content (AvgIpc) is 3.59. The fourth-order valence-corrected chi connectivity index (χ4v) is 7.15. The SMILES string of the molecule is CCNC(=O)OC[C@@H](NC(=O)N[C@H](C(=O)N1CC[C@H](C(C)C)[C@H]1C(=O)NC(CC1CC1)C(=O)C(=O)NC)C1Cc2ccccc2C1)C(C)(C)C. The predicted octanol–water partition coefficient (Wildman–Crippen LogP) is 2.70. The summed E-state index contributed by atoms with van der Waals surface area (Å²) in [5, 5.41) is 13.7. The highest BCUT2D eigenvalue weighted by molar-refractivity contribution is 6.38. The Balaban J connectivity index is 1.59. The van der Waals surface area contributed by atoms with Gasteiger partial charge in [-0.3, -0.25) is 19.2 Å². The molecule has 0 bridgehead atoms. The third kappa shape index (κ3) is 9.75. The highest BCUT2D eigenvalue weighted by atomic mass is 16.5. The van der Waals surface area contributed by atoms with Crippen molar-refractivity contribution in [2.75, 3.05) is 26.7 Å². The van der Waals surface area contributed by atoms with E-state index in [0.717, 1.165) is 24.0 Å². The van der Waals surface area contributed by atoms with Gasteiger partial charge in [-0.05, 0) is 72.8 Å². The van der Waals surface area contributed by atoms with Gasteiger partial charge >= 0.3 is 12.1 Å². The molecule has 2 aliphatic carbocycles. The van der Waals surface area contributed by atoms with Crippen LogP contribution in [0.25, 0.3) is 0 Å². The summed E-state index contributed by atoms with van der Waals surface area (Å²) in [5.74, 6) is -2.47. The first-order valence-electron chi connectivity index (χ1n) is 18.1. The largest absolute Gasteiger partial charge is 0.447 e. The summed E-state index contributed by atoms with van der Waals surface area (Å²) >= 11 is 0. The van der Waals surface area contributed by atoms with Crippen LogP contribution in [0.5, 0.6) is 0 Å². The highest BCUT2D eigenvalue weighted by Crippen LogP contribution is 2.36. The van der Waals surface area contributed by atoms with Crippen LogP contribution in [0.2, 0.25) is 0 Å². The van der Waals surface area contributed by atoms with E-state index in [-0.39, 0.29) is 36.2 Å². The van der Waals surface area contributed by atoms with E-state index in [9.17, 15) is 28.8 Å². The molecule has 1 aliphatic heterocycles. The van der Waals surface area contributed by atoms with Crippen molar-refractivity contribution in [3.63, 3.8) is 0 Å². The Hall–Kier alpha value is -4.16. The molecule has 1 saturated heterocycles. The monoisotopic (exact) mass is 696 g/mol. The minimum Gasteiger partial charge on any atom is -0.447 e. The van der Waals surface area contributed by atoms with Crippen LogP contribution in [0.15, 0.2) is 24.3 Å². The fourth-order valence-electron chi connectivity index (χ4n) is 7.15. The third-order valence-electron chi connectivity index (χ3n) is 10.4. The number of hydrogen-bond donors (Lipinski definition) is 5. The first kappa shape index (κ1) is 38.6. The van der Waals surface area contributed by atoms with Crippen molar-refractivity contribution in [3.05, 3.63) is 35.4 Å². The molecule has 2 fully saturated rings. The normalized spacial score (nSPS) is 20.7. The van der Waals surface area contributed by atoms with Crippen LogP contribution < -0.4 is 26.6 Å². The molecule has 0 aromatic heterocycles. The molecule has 3 aliphatic rings. The van der Waals surface area contributed by atoms with Crippen molar-refractivity contribution in [1.82, 2.24) is 31.5 Å². The van der Waals surface area contributed by atoms with E-state index < -0.39 is 59.3 Å². The Morgan fingerprint density at radius 2 is 1.58 bits per heavy atom. The van der Waals surface area contributed by atoms with Crippen LogP contribution in [0.1, 0.15) is 78.4 Å². The molecule has 5 atom stereocenters. The van der Waals surface area contributed by atoms with Gasteiger partial charge in [0.25, 0.3) is 5.91 Å². The lowest BCUT2D eigenvalue weighted by Crippen LogP contribution is -2.61. The number of Topliss-reactive ketones (excluding diaryl/α,β-unsaturated/α-hetero) is 1. The summed E-state index contributed by atoms with van der Waals surface area (Å²) in [6, 6.07) is 3.96. The van der Waals surface area contributed by atoms with Crippen molar-refractivity contribution in [3.8, 4) is 0 Å². The number of carbonyl (C=O) groups is 6. The molecule has 4 rings (SSSR count). The molecule has 50 heavy (non-hydrogen) atoms. The zero-order valence-corrected chi connectivity index (χ0v) is 30.6. The Kier molecular flexibility index (Phi) is 12.9. The van der Waals surface area contributed by atoms with Crippen molar-refractivity contribution >= 4 is 35.6 Å². The van der Waals surface area contributed by atoms with Gasteiger partial charge in [0, 0.05) is 20.1 Å². The maximum atomic E-state index is 14.7. The van der Waals surface area contributed by atoms with Crippen LogP contribution in [0.4, 0.5) is 9.59 Å². The molecular formula is C37H56N6O7. The van der Waals surface area contributed by atoms with E-state index in [4.69, 9.17) is 4.74 Å². The van der Waals surface area contributed by atoms with Crippen molar-refractivity contribution < 1.29 is 33.5 Å². The van der Waals surface area contributed by atoms with Gasteiger partial charge < -0.3 is 36.2 Å². The third-order valence-corrected chi connectivity index (χ3v) is 10.4. The summed E-state index contributed by atoms with van der Waals surface area (Å²) in [4.78, 5) is 81.5. The number of benzene rings is 1. The number of nitrogens with zero attached hydrogens (tertiary/aromatic N) is 1. The second-order valence-electron chi connectivity index (χ2n) is 15.4. The Bertz CT molecular complexity index is 1400. The fraction of sp³-hybridized carbons (Fsp3) is 0.676. The maximum Gasteiger partial charge on any atom is 0.407 e. The molecule has 5 N–H and O–H groups in total. The number of urea groups is 1. The Morgan fingerprint density at radius 3 is 2.12 bits per heavy atom. The molecule has 1 aromatic carbocycles. The number of likely N-dealkylation sites (tertiary alicyclic amines) is 1. The van der Waals surface area contributed by atoms with Gasteiger partial charge in [-0.2, -0.15) is 0 Å². The summed E-state index contributed by atoms with van der Waals surface area (Å²) in [6.07, 6.45) is 3.36. The lowest BCUT2D eigenvalue weighted by atomic mass is 9.87. The van der Waals surface area contributed by atoms with Gasteiger partial charge in [0.15, 0.2) is 0 Å². The molecule has 1 aromatic rings. The molecule has 1 saturated carbocycles. The van der Waals surface area contributed by atoms with E-state index in [1.165, 1.54) is 7.05 Å². The summed E-state index contributed by atoms with van der Waals surface area (Å²) < 4.78 is 5.36. The molecule has 6 amide bonds. The summed E-state index contributed by atoms with van der Waals surface area (Å²) in [6.45, 7) is 12.2. The van der Waals surface area contributed by atoms with Crippen LogP contribution in [0.3, 0.4) is 0 Å². The number of alkyl carbamates (subject to hydrolysis) is 1. The van der Waals surface area contributed by atoms with Gasteiger partial charge in [-0.15, -0.1) is 0 Å². The van der Waals surface area contributed by atoms with Crippen molar-refractivity contribution in [2.24, 2.45) is 29.1 Å². The number of rotatable bonds is 14. The van der Waals surface area contributed by atoms with Crippen LogP contribution in [-0.2, 0) is 36.8 Å². The predicted molar refractivity (Wildman–Crippen MR) is 188 cm³/mol. The average molecular weight is 697 g/mol. The Morgan fingerprint density at radius 1 is 0.940 bits per heavy atom. The number of fused-ring (bicyclic) bond motifs is 1. The molecule has 1 unspecified atom stereocenters. The number of amides is 6. The van der Waals surface area contributed by atoms with Crippen LogP contribution in [-0.4, -0.2) is 91.4 Å². The zero-order chi connectivity index (χ0) is 36.7. The lowest BCUT2D eigenvalue weighted by Gasteiger charge is -2.35. The van der Waals surface area contributed by atoms with E-state index in [1.807, 2.05) is 58.9 Å². The van der Waals surface area contributed by atoms with Crippen molar-refractivity contribution in [2.45, 2.75) is 104 Å². The molecule has 13 nitrogen and oxygen atoms in total. The lowest BCUT2D eigenvalue weighted by molar-refractivity contribution is -0.144. The number of ether oxygens (including phenoxy) is 1. The summed E-state index contributed by atoms with van der Waals surface area (Å²) in [7, 11) is 1.38. The number of carbonyl (C=O) groups excluding carboxylic acids is 6. The smallest absolute Gasteiger partial charge is 0.407 e. The van der Waals surface area contributed by atoms with Crippen molar-refractivity contribution in [1.29, 1.82) is 0 Å². The minimum atomic E-state index is -0.986. The molecule has 276 valence electrons. The first-order valence-corrected chi connectivity index (χ1v) is 18.1. The Labute approximate surface area is 295 Å². The van der Waals surface area contributed by atoms with E-state index in [1.54, 1.807) is 11.8 Å². The highest BCUT2D eigenvalue weighted by Gasteiger charge is 2.48. The second kappa shape index (κ2) is 16.7. The molecule has 13 heteroatoms. The molecule has 1 heterocycles. The van der Waals surface area contributed by atoms with Gasteiger partial charge in [-0.25, -0.2) is 9.59 Å². The quantitative estimate of drug-likeness (QED) is 0.186. The second-order valence-corrected chi connectivity index (χ2v) is 15.4. The molecule has 0 radical (unpaired) electrons.